The smallest absolute Gasteiger partial charge is 0.0655 e. The minimum atomic E-state index is 0.271. The fraction of sp³-hybridized carbons (Fsp3) is 0.909. The molecule has 0 radical (unpaired) electrons. The molecule has 2 nitrogen and oxygen atoms in total. The molecule has 0 aliphatic carbocycles. The van der Waals surface area contributed by atoms with Crippen LogP contribution in [0.25, 0.3) is 0 Å². The van der Waals surface area contributed by atoms with Crippen molar-refractivity contribution in [1.82, 2.24) is 5.32 Å². The molecule has 0 saturated heterocycles. The largest absolute Gasteiger partial charge is 0.317 e. The van der Waals surface area contributed by atoms with Crippen molar-refractivity contribution in [3.63, 3.8) is 0 Å². The Morgan fingerprint density at radius 3 is 2.46 bits per heavy atom. The van der Waals surface area contributed by atoms with Gasteiger partial charge in [0.15, 0.2) is 0 Å². The van der Waals surface area contributed by atoms with Crippen LogP contribution in [0.1, 0.15) is 46.0 Å². The number of unbranched alkanes of at least 4 members (excludes halogenated alkanes) is 1. The van der Waals surface area contributed by atoms with Crippen LogP contribution in [0.4, 0.5) is 0 Å². The van der Waals surface area contributed by atoms with E-state index in [2.05, 4.69) is 25.2 Å². The molecule has 0 aliphatic rings. The van der Waals surface area contributed by atoms with Crippen molar-refractivity contribution in [2.24, 2.45) is 5.92 Å². The van der Waals surface area contributed by atoms with E-state index in [9.17, 15) is 0 Å². The number of nitrogens with one attached hydrogen (secondary N) is 1. The highest BCUT2D eigenvalue weighted by atomic mass is 14.8. The van der Waals surface area contributed by atoms with Crippen molar-refractivity contribution in [3.05, 3.63) is 0 Å². The maximum absolute atomic E-state index is 8.70. The van der Waals surface area contributed by atoms with E-state index in [-0.39, 0.29) is 5.92 Å². The summed E-state index contributed by atoms with van der Waals surface area (Å²) in [5.41, 5.74) is 0. The van der Waals surface area contributed by atoms with Gasteiger partial charge in [0, 0.05) is 5.92 Å². The van der Waals surface area contributed by atoms with Crippen molar-refractivity contribution in [3.8, 4) is 6.07 Å². The highest BCUT2D eigenvalue weighted by Gasteiger charge is 2.02. The van der Waals surface area contributed by atoms with Gasteiger partial charge in [-0.25, -0.2) is 0 Å². The maximum Gasteiger partial charge on any atom is 0.0655 e. The van der Waals surface area contributed by atoms with E-state index in [1.807, 2.05) is 0 Å². The zero-order valence-corrected chi connectivity index (χ0v) is 8.97. The summed E-state index contributed by atoms with van der Waals surface area (Å²) in [5, 5.41) is 12.1. The van der Waals surface area contributed by atoms with E-state index < -0.39 is 0 Å². The molecule has 0 aliphatic heterocycles. The van der Waals surface area contributed by atoms with Crippen molar-refractivity contribution in [1.29, 1.82) is 5.26 Å². The Hall–Kier alpha value is -0.550. The molecule has 13 heavy (non-hydrogen) atoms. The zero-order valence-electron chi connectivity index (χ0n) is 8.97. The summed E-state index contributed by atoms with van der Waals surface area (Å²) in [5.74, 6) is 0.271. The third-order valence-electron chi connectivity index (χ3n) is 2.29. The second kappa shape index (κ2) is 9.54. The molecule has 1 N–H and O–H groups in total. The molecule has 0 fully saturated rings. The van der Waals surface area contributed by atoms with Crippen molar-refractivity contribution < 1.29 is 0 Å². The van der Waals surface area contributed by atoms with Gasteiger partial charge in [0.1, 0.15) is 0 Å². The molecule has 0 spiro atoms. The molecule has 0 aromatic heterocycles. The number of nitrogens with zero attached hydrogens (tertiary/aromatic N) is 1. The van der Waals surface area contributed by atoms with Gasteiger partial charge >= 0.3 is 0 Å². The lowest BCUT2D eigenvalue weighted by Crippen LogP contribution is -2.17. The molecule has 0 rings (SSSR count). The van der Waals surface area contributed by atoms with Crippen LogP contribution in [0.3, 0.4) is 0 Å². The third-order valence-corrected chi connectivity index (χ3v) is 2.29. The SMILES string of the molecule is CCCCNCCCC(C#N)CC. The van der Waals surface area contributed by atoms with Gasteiger partial charge < -0.3 is 5.32 Å². The van der Waals surface area contributed by atoms with Crippen LogP contribution in [0.15, 0.2) is 0 Å². The summed E-state index contributed by atoms with van der Waals surface area (Å²) in [6.07, 6.45) is 5.69. The van der Waals surface area contributed by atoms with Crippen LogP contribution in [0.2, 0.25) is 0 Å². The molecule has 0 aromatic carbocycles. The Morgan fingerprint density at radius 2 is 1.92 bits per heavy atom. The minimum absolute atomic E-state index is 0.271. The number of hydrogen-bond donors (Lipinski definition) is 1. The molecule has 0 aromatic rings. The normalized spacial score (nSPS) is 12.4. The summed E-state index contributed by atoms with van der Waals surface area (Å²) in [7, 11) is 0. The fourth-order valence-electron chi connectivity index (χ4n) is 1.26. The third kappa shape index (κ3) is 7.80. The first-order chi connectivity index (χ1) is 6.35. The Kier molecular flexibility index (Phi) is 9.13. The lowest BCUT2D eigenvalue weighted by Gasteiger charge is -2.06. The fourth-order valence-corrected chi connectivity index (χ4v) is 1.26. The van der Waals surface area contributed by atoms with Crippen LogP contribution in [0, 0.1) is 17.2 Å². The molecule has 2 heteroatoms. The Balaban J connectivity index is 3.11. The summed E-state index contributed by atoms with van der Waals surface area (Å²) in [4.78, 5) is 0. The average molecular weight is 182 g/mol. The summed E-state index contributed by atoms with van der Waals surface area (Å²) in [6.45, 7) is 6.47. The van der Waals surface area contributed by atoms with E-state index in [1.54, 1.807) is 0 Å². The first kappa shape index (κ1) is 12.4. The number of rotatable bonds is 8. The Labute approximate surface area is 82.3 Å². The number of hydrogen-bond acceptors (Lipinski definition) is 2. The number of nitriles is 1. The first-order valence-corrected chi connectivity index (χ1v) is 5.45. The van der Waals surface area contributed by atoms with Gasteiger partial charge in [-0.05, 0) is 38.8 Å². The van der Waals surface area contributed by atoms with Crippen molar-refractivity contribution >= 4 is 0 Å². The van der Waals surface area contributed by atoms with Gasteiger partial charge in [-0.2, -0.15) is 5.26 Å². The molecule has 0 amide bonds. The van der Waals surface area contributed by atoms with Gasteiger partial charge in [-0.15, -0.1) is 0 Å². The van der Waals surface area contributed by atoms with Crippen LogP contribution in [0.5, 0.6) is 0 Å². The van der Waals surface area contributed by atoms with E-state index in [1.165, 1.54) is 12.8 Å². The second-order valence-electron chi connectivity index (χ2n) is 3.48. The molecular formula is C11H22N2. The maximum atomic E-state index is 8.70. The lowest BCUT2D eigenvalue weighted by atomic mass is 10.0. The van der Waals surface area contributed by atoms with Crippen LogP contribution in [-0.2, 0) is 0 Å². The van der Waals surface area contributed by atoms with E-state index in [0.717, 1.165) is 32.4 Å². The van der Waals surface area contributed by atoms with Crippen LogP contribution in [-0.4, -0.2) is 13.1 Å². The van der Waals surface area contributed by atoms with Gasteiger partial charge in [-0.1, -0.05) is 20.3 Å². The predicted octanol–water partition coefficient (Wildman–Crippen LogP) is 2.71. The predicted molar refractivity (Wildman–Crippen MR) is 56.4 cm³/mol. The monoisotopic (exact) mass is 182 g/mol. The summed E-state index contributed by atoms with van der Waals surface area (Å²) in [6, 6.07) is 2.33. The molecule has 1 unspecified atom stereocenters. The molecular weight excluding hydrogens is 160 g/mol. The molecule has 0 heterocycles. The van der Waals surface area contributed by atoms with Gasteiger partial charge in [-0.3, -0.25) is 0 Å². The topological polar surface area (TPSA) is 35.8 Å². The first-order valence-electron chi connectivity index (χ1n) is 5.45. The summed E-state index contributed by atoms with van der Waals surface area (Å²) < 4.78 is 0. The molecule has 76 valence electrons. The highest BCUT2D eigenvalue weighted by molar-refractivity contribution is 4.81. The second-order valence-corrected chi connectivity index (χ2v) is 3.48. The van der Waals surface area contributed by atoms with Gasteiger partial charge in [0.25, 0.3) is 0 Å². The van der Waals surface area contributed by atoms with Crippen LogP contribution < -0.4 is 5.32 Å². The zero-order chi connectivity index (χ0) is 9.94. The minimum Gasteiger partial charge on any atom is -0.317 e. The average Bonchev–Trinajstić information content (AvgIpc) is 2.17. The van der Waals surface area contributed by atoms with E-state index >= 15 is 0 Å². The van der Waals surface area contributed by atoms with Crippen molar-refractivity contribution in [2.75, 3.05) is 13.1 Å². The van der Waals surface area contributed by atoms with Crippen LogP contribution >= 0.6 is 0 Å². The Morgan fingerprint density at radius 1 is 1.23 bits per heavy atom. The summed E-state index contributed by atoms with van der Waals surface area (Å²) >= 11 is 0. The molecule has 0 bridgehead atoms. The quantitative estimate of drug-likeness (QED) is 0.586. The highest BCUT2D eigenvalue weighted by Crippen LogP contribution is 2.08. The van der Waals surface area contributed by atoms with E-state index in [4.69, 9.17) is 5.26 Å². The van der Waals surface area contributed by atoms with Gasteiger partial charge in [0.05, 0.1) is 6.07 Å². The van der Waals surface area contributed by atoms with Gasteiger partial charge in [0.2, 0.25) is 0 Å². The molecule has 1 atom stereocenters. The van der Waals surface area contributed by atoms with E-state index in [0.29, 0.717) is 0 Å². The standard InChI is InChI=1S/C11H22N2/c1-3-5-8-13-9-6-7-11(4-2)10-12/h11,13H,3-9H2,1-2H3. The molecule has 0 saturated carbocycles. The lowest BCUT2D eigenvalue weighted by molar-refractivity contribution is 0.525. The van der Waals surface area contributed by atoms with Crippen molar-refractivity contribution in [2.45, 2.75) is 46.0 Å². The Bertz CT molecular complexity index is 138.